The van der Waals surface area contributed by atoms with Gasteiger partial charge in [-0.25, -0.2) is 0 Å². The summed E-state index contributed by atoms with van der Waals surface area (Å²) in [5.74, 6) is -2.50. The molecule has 116 valence electrons. The Kier molecular flexibility index (Phi) is 20.0. The fraction of sp³-hybridized carbons (Fsp3) is 0.667. The Morgan fingerprint density at radius 1 is 0.737 bits per heavy atom. The van der Waals surface area contributed by atoms with Crippen LogP contribution in [0, 0.1) is 0 Å². The van der Waals surface area contributed by atoms with Crippen molar-refractivity contribution < 1.29 is 44.1 Å². The van der Waals surface area contributed by atoms with Crippen LogP contribution in [0.5, 0.6) is 0 Å². The molecule has 0 fully saturated rings. The van der Waals surface area contributed by atoms with Crippen molar-refractivity contribution >= 4 is 26.7 Å². The van der Waals surface area contributed by atoms with Crippen LogP contribution >= 0.6 is 0 Å². The first-order chi connectivity index (χ1) is 8.14. The molecule has 0 unspecified atom stereocenters. The highest BCUT2D eigenvalue weighted by molar-refractivity contribution is 6.57. The number of aliphatic carboxylic acids is 3. The maximum Gasteiger partial charge on any atom is 0.495 e. The molecule has 0 rings (SSSR count). The molecule has 0 spiro atoms. The molecule has 0 bridgehead atoms. The number of carboxylic acid groups (broad SMARTS) is 3. The molecular weight excluding hydrogens is 280 g/mol. The predicted molar refractivity (Wildman–Crippen MR) is 67.4 cm³/mol. The first-order valence-corrected chi connectivity index (χ1v) is 6.82. The van der Waals surface area contributed by atoms with E-state index < -0.39 is 32.3 Å². The lowest BCUT2D eigenvalue weighted by Crippen LogP contribution is -2.37. The van der Waals surface area contributed by atoms with Gasteiger partial charge in [-0.05, 0) is 0 Å². The van der Waals surface area contributed by atoms with E-state index in [4.69, 9.17) is 44.1 Å². The molecule has 0 aliphatic rings. The molecule has 0 heterocycles. The number of carbonyl (C=O) groups is 3. The van der Waals surface area contributed by atoms with Gasteiger partial charge < -0.3 is 29.7 Å². The second kappa shape index (κ2) is 14.6. The molecule has 6 N–H and O–H groups in total. The van der Waals surface area contributed by atoms with Crippen LogP contribution in [0.3, 0.4) is 0 Å². The first-order valence-electron chi connectivity index (χ1n) is 4.90. The summed E-state index contributed by atoms with van der Waals surface area (Å²) in [6.45, 7) is 6.37. The summed E-state index contributed by atoms with van der Waals surface area (Å²) in [4.78, 5) is 52.0. The van der Waals surface area contributed by atoms with Crippen molar-refractivity contribution in [3.63, 3.8) is 0 Å². The van der Waals surface area contributed by atoms with Gasteiger partial charge in [-0.15, -0.1) is 0 Å². The number of carboxylic acids is 3. The predicted octanol–water partition coefficient (Wildman–Crippen LogP) is -0.415. The Bertz CT molecular complexity index is 216. The zero-order chi connectivity index (χ0) is 16.8. The lowest BCUT2D eigenvalue weighted by molar-refractivity contribution is -0.135. The maximum atomic E-state index is 9.00. The molecule has 0 aromatic rings. The molecule has 0 amide bonds. The van der Waals surface area contributed by atoms with Gasteiger partial charge in [0.05, 0.1) is 0 Å². The third-order valence-corrected chi connectivity index (χ3v) is 2.32. The Morgan fingerprint density at radius 3 is 0.789 bits per heavy atom. The van der Waals surface area contributed by atoms with Crippen LogP contribution in [0.15, 0.2) is 0 Å². The fourth-order valence-electron chi connectivity index (χ4n) is 0. The summed E-state index contributed by atoms with van der Waals surface area (Å²) >= 11 is 0. The van der Waals surface area contributed by atoms with Crippen molar-refractivity contribution in [1.82, 2.24) is 0 Å². The Balaban J connectivity index is -0.0000000825. The Labute approximate surface area is 112 Å². The van der Waals surface area contributed by atoms with Crippen molar-refractivity contribution in [2.75, 3.05) is 0 Å². The quantitative estimate of drug-likeness (QED) is 0.352. The molecule has 0 radical (unpaired) electrons. The molecule has 0 saturated heterocycles. The van der Waals surface area contributed by atoms with Gasteiger partial charge in [0.2, 0.25) is 0 Å². The van der Waals surface area contributed by atoms with Gasteiger partial charge >= 0.3 is 8.80 Å². The highest BCUT2D eigenvalue weighted by Gasteiger charge is 2.31. The van der Waals surface area contributed by atoms with Gasteiger partial charge in [0, 0.05) is 26.3 Å². The van der Waals surface area contributed by atoms with Crippen LogP contribution in [-0.4, -0.2) is 56.4 Å². The van der Waals surface area contributed by atoms with Crippen molar-refractivity contribution in [3.8, 4) is 0 Å². The lowest BCUT2D eigenvalue weighted by Gasteiger charge is -2.11. The van der Waals surface area contributed by atoms with Crippen LogP contribution < -0.4 is 0 Å². The van der Waals surface area contributed by atoms with E-state index in [1.807, 2.05) is 0 Å². The second-order valence-electron chi connectivity index (χ2n) is 3.40. The zero-order valence-electron chi connectivity index (χ0n) is 11.5. The molecular formula is C9H22O9Si. The SMILES string of the molecule is CC(=O)O.CC(=O)O.CC(=O)O.CC(C)[Si](O)(O)O. The van der Waals surface area contributed by atoms with Crippen molar-refractivity contribution in [2.45, 2.75) is 40.2 Å². The normalized spacial score (nSPS) is 8.68. The summed E-state index contributed by atoms with van der Waals surface area (Å²) < 4.78 is 0. The minimum absolute atomic E-state index is 0.396. The van der Waals surface area contributed by atoms with Crippen LogP contribution in [0.2, 0.25) is 5.54 Å². The molecule has 0 aromatic heterocycles. The van der Waals surface area contributed by atoms with Crippen molar-refractivity contribution in [1.29, 1.82) is 0 Å². The molecule has 10 heteroatoms. The van der Waals surface area contributed by atoms with Crippen molar-refractivity contribution in [2.24, 2.45) is 0 Å². The smallest absolute Gasteiger partial charge is 0.481 e. The molecule has 19 heavy (non-hydrogen) atoms. The minimum Gasteiger partial charge on any atom is -0.481 e. The van der Waals surface area contributed by atoms with E-state index in [1.165, 1.54) is 0 Å². The first kappa shape index (κ1) is 26.1. The molecule has 0 atom stereocenters. The highest BCUT2D eigenvalue weighted by Crippen LogP contribution is 2.08. The van der Waals surface area contributed by atoms with Gasteiger partial charge in [-0.1, -0.05) is 13.8 Å². The average molecular weight is 302 g/mol. The summed E-state index contributed by atoms with van der Waals surface area (Å²) in [6, 6.07) is 0. The monoisotopic (exact) mass is 302 g/mol. The Hall–Kier alpha value is -1.49. The van der Waals surface area contributed by atoms with Gasteiger partial charge in [0.15, 0.2) is 0 Å². The number of hydrogen-bond acceptors (Lipinski definition) is 6. The van der Waals surface area contributed by atoms with Crippen LogP contribution in [0.1, 0.15) is 34.6 Å². The number of hydrogen-bond donors (Lipinski definition) is 6. The van der Waals surface area contributed by atoms with Gasteiger partial charge in [0.1, 0.15) is 0 Å². The van der Waals surface area contributed by atoms with Gasteiger partial charge in [-0.3, -0.25) is 14.4 Å². The van der Waals surface area contributed by atoms with E-state index in [0.717, 1.165) is 20.8 Å². The van der Waals surface area contributed by atoms with Gasteiger partial charge in [-0.2, -0.15) is 0 Å². The maximum absolute atomic E-state index is 9.00. The molecule has 0 saturated carbocycles. The van der Waals surface area contributed by atoms with E-state index in [0.29, 0.717) is 0 Å². The van der Waals surface area contributed by atoms with Crippen LogP contribution in [0.25, 0.3) is 0 Å². The highest BCUT2D eigenvalue weighted by atomic mass is 28.4. The average Bonchev–Trinajstić information content (AvgIpc) is 1.96. The minimum atomic E-state index is -3.73. The fourth-order valence-corrected chi connectivity index (χ4v) is 0. The Morgan fingerprint density at radius 2 is 0.789 bits per heavy atom. The summed E-state index contributed by atoms with van der Waals surface area (Å²) in [6.07, 6.45) is 0. The topological polar surface area (TPSA) is 173 Å². The molecule has 0 aliphatic heterocycles. The lowest BCUT2D eigenvalue weighted by atomic mass is 10.6. The molecule has 0 aromatic carbocycles. The summed E-state index contributed by atoms with van der Waals surface area (Å²) in [5, 5.41) is 22.2. The van der Waals surface area contributed by atoms with Gasteiger partial charge in [0.25, 0.3) is 17.9 Å². The third-order valence-electron chi connectivity index (χ3n) is 0.775. The van der Waals surface area contributed by atoms with E-state index >= 15 is 0 Å². The van der Waals surface area contributed by atoms with E-state index in [-0.39, 0.29) is 0 Å². The molecule has 9 nitrogen and oxygen atoms in total. The van der Waals surface area contributed by atoms with Crippen LogP contribution in [0.4, 0.5) is 0 Å². The van der Waals surface area contributed by atoms with E-state index in [1.54, 1.807) is 13.8 Å². The third kappa shape index (κ3) is 171. The van der Waals surface area contributed by atoms with Crippen molar-refractivity contribution in [3.05, 3.63) is 0 Å². The largest absolute Gasteiger partial charge is 0.495 e. The molecule has 0 aliphatic carbocycles. The van der Waals surface area contributed by atoms with E-state index in [9.17, 15) is 0 Å². The standard InChI is InChI=1S/C3H10O3Si.3C2H4O2/c1-3(2)7(4,5)6;3*1-2(3)4/h3-6H,1-2H3;3*1H3,(H,3,4). The summed E-state index contributed by atoms with van der Waals surface area (Å²) in [7, 11) is -3.73. The summed E-state index contributed by atoms with van der Waals surface area (Å²) in [5.41, 5.74) is -0.396. The zero-order valence-corrected chi connectivity index (χ0v) is 12.5. The number of rotatable bonds is 1. The van der Waals surface area contributed by atoms with Crippen LogP contribution in [-0.2, 0) is 14.4 Å². The second-order valence-corrected chi connectivity index (χ2v) is 5.93. The van der Waals surface area contributed by atoms with E-state index in [2.05, 4.69) is 0 Å².